The van der Waals surface area contributed by atoms with E-state index >= 15 is 0 Å². The third-order valence-electron chi connectivity index (χ3n) is 3.42. The highest BCUT2D eigenvalue weighted by Gasteiger charge is 2.12. The van der Waals surface area contributed by atoms with Crippen molar-refractivity contribution in [2.45, 2.75) is 5.16 Å². The molecule has 3 aromatic rings. The van der Waals surface area contributed by atoms with Crippen LogP contribution in [0.15, 0.2) is 53.7 Å². The number of benzene rings is 2. The topological polar surface area (TPSA) is 90.1 Å². The third kappa shape index (κ3) is 3.38. The van der Waals surface area contributed by atoms with Crippen molar-refractivity contribution in [3.8, 4) is 0 Å². The summed E-state index contributed by atoms with van der Waals surface area (Å²) in [5.41, 5.74) is 2.22. The number of aryl methyl sites for hydroxylation is 1. The van der Waals surface area contributed by atoms with E-state index in [1.807, 2.05) is 35.9 Å². The summed E-state index contributed by atoms with van der Waals surface area (Å²) >= 11 is 1.32. The van der Waals surface area contributed by atoms with Crippen LogP contribution < -0.4 is 5.32 Å². The molecule has 0 saturated carbocycles. The number of nitro benzene ring substituents is 1. The Morgan fingerprint density at radius 1 is 1.29 bits per heavy atom. The molecule has 0 aliphatic rings. The van der Waals surface area contributed by atoms with Crippen LogP contribution in [0.3, 0.4) is 0 Å². The van der Waals surface area contributed by atoms with Gasteiger partial charge in [-0.25, -0.2) is 4.98 Å². The molecule has 1 N–H and O–H groups in total. The van der Waals surface area contributed by atoms with Crippen molar-refractivity contribution < 1.29 is 9.72 Å². The Morgan fingerprint density at radius 2 is 2.08 bits per heavy atom. The SMILES string of the molecule is Cn1c(SCC(=O)Nc2cccc([N+](=O)[O-])c2)nc2ccccc21. The minimum Gasteiger partial charge on any atom is -0.325 e. The molecule has 1 aromatic heterocycles. The molecule has 1 amide bonds. The molecule has 8 heteroatoms. The minimum atomic E-state index is -0.496. The number of anilines is 1. The number of aromatic nitrogens is 2. The van der Waals surface area contributed by atoms with Crippen molar-refractivity contribution in [3.63, 3.8) is 0 Å². The maximum Gasteiger partial charge on any atom is 0.271 e. The number of nitrogens with zero attached hydrogens (tertiary/aromatic N) is 3. The minimum absolute atomic E-state index is 0.0594. The number of non-ortho nitro benzene ring substituents is 1. The van der Waals surface area contributed by atoms with E-state index in [0.717, 1.165) is 16.2 Å². The molecule has 1 heterocycles. The number of para-hydroxylation sites is 2. The monoisotopic (exact) mass is 342 g/mol. The lowest BCUT2D eigenvalue weighted by Crippen LogP contribution is -2.14. The number of carbonyl (C=O) groups excluding carboxylic acids is 1. The predicted molar refractivity (Wildman–Crippen MR) is 93.2 cm³/mol. The lowest BCUT2D eigenvalue weighted by Gasteiger charge is -2.05. The van der Waals surface area contributed by atoms with Gasteiger partial charge in [-0.3, -0.25) is 14.9 Å². The molecule has 0 fully saturated rings. The van der Waals surface area contributed by atoms with Gasteiger partial charge in [0.05, 0.1) is 21.7 Å². The second-order valence-corrected chi connectivity index (χ2v) is 6.03. The van der Waals surface area contributed by atoms with Gasteiger partial charge in [-0.2, -0.15) is 0 Å². The van der Waals surface area contributed by atoms with Crippen LogP contribution in [0, 0.1) is 10.1 Å². The fraction of sp³-hybridized carbons (Fsp3) is 0.125. The van der Waals surface area contributed by atoms with Crippen molar-refractivity contribution in [1.29, 1.82) is 0 Å². The molecule has 0 radical (unpaired) electrons. The molecule has 2 aromatic carbocycles. The Kier molecular flexibility index (Phi) is 4.48. The van der Waals surface area contributed by atoms with Crippen LogP contribution in [0.1, 0.15) is 0 Å². The first kappa shape index (κ1) is 16.0. The third-order valence-corrected chi connectivity index (χ3v) is 4.45. The summed E-state index contributed by atoms with van der Waals surface area (Å²) < 4.78 is 1.93. The number of nitrogens with one attached hydrogen (secondary N) is 1. The van der Waals surface area contributed by atoms with Crippen LogP contribution in [0.4, 0.5) is 11.4 Å². The highest BCUT2D eigenvalue weighted by atomic mass is 32.2. The number of carbonyl (C=O) groups is 1. The number of hydrogen-bond donors (Lipinski definition) is 1. The van der Waals surface area contributed by atoms with E-state index in [-0.39, 0.29) is 17.3 Å². The molecule has 24 heavy (non-hydrogen) atoms. The zero-order valence-corrected chi connectivity index (χ0v) is 13.6. The molecule has 0 bridgehead atoms. The number of amides is 1. The Labute approximate surface area is 141 Å². The van der Waals surface area contributed by atoms with Crippen LogP contribution in [0.2, 0.25) is 0 Å². The maximum absolute atomic E-state index is 12.1. The van der Waals surface area contributed by atoms with E-state index in [0.29, 0.717) is 5.69 Å². The van der Waals surface area contributed by atoms with Gasteiger partial charge in [0.15, 0.2) is 5.16 Å². The Bertz CT molecular complexity index is 923. The number of fused-ring (bicyclic) bond motifs is 1. The van der Waals surface area contributed by atoms with E-state index in [1.165, 1.54) is 30.0 Å². The summed E-state index contributed by atoms with van der Waals surface area (Å²) in [6, 6.07) is 13.6. The highest BCUT2D eigenvalue weighted by molar-refractivity contribution is 7.99. The molecular weight excluding hydrogens is 328 g/mol. The zero-order chi connectivity index (χ0) is 17.1. The fourth-order valence-electron chi connectivity index (χ4n) is 2.28. The smallest absolute Gasteiger partial charge is 0.271 e. The van der Waals surface area contributed by atoms with Gasteiger partial charge >= 0.3 is 0 Å². The van der Waals surface area contributed by atoms with Crippen molar-refractivity contribution in [3.05, 3.63) is 58.6 Å². The van der Waals surface area contributed by atoms with E-state index in [9.17, 15) is 14.9 Å². The largest absolute Gasteiger partial charge is 0.325 e. The fourth-order valence-corrected chi connectivity index (χ4v) is 3.06. The summed E-state index contributed by atoms with van der Waals surface area (Å²) in [7, 11) is 1.90. The van der Waals surface area contributed by atoms with Crippen LogP contribution >= 0.6 is 11.8 Å². The van der Waals surface area contributed by atoms with Gasteiger partial charge in [-0.05, 0) is 18.2 Å². The number of nitro groups is 1. The van der Waals surface area contributed by atoms with E-state index in [2.05, 4.69) is 10.3 Å². The zero-order valence-electron chi connectivity index (χ0n) is 12.8. The standard InChI is InChI=1S/C16H14N4O3S/c1-19-14-8-3-2-7-13(14)18-16(19)24-10-15(21)17-11-5-4-6-12(9-11)20(22)23/h2-9H,10H2,1H3,(H,17,21). The van der Waals surface area contributed by atoms with Gasteiger partial charge in [0.1, 0.15) is 0 Å². The number of thioether (sulfide) groups is 1. The first-order valence-electron chi connectivity index (χ1n) is 7.13. The van der Waals surface area contributed by atoms with E-state index < -0.39 is 4.92 Å². The van der Waals surface area contributed by atoms with Crippen molar-refractivity contribution >= 4 is 40.1 Å². The van der Waals surface area contributed by atoms with Crippen LogP contribution in [-0.4, -0.2) is 26.1 Å². The Morgan fingerprint density at radius 3 is 2.83 bits per heavy atom. The van der Waals surface area contributed by atoms with Gasteiger partial charge in [-0.15, -0.1) is 0 Å². The Hall–Kier alpha value is -2.87. The van der Waals surface area contributed by atoms with Crippen molar-refractivity contribution in [2.75, 3.05) is 11.1 Å². The summed E-state index contributed by atoms with van der Waals surface area (Å²) in [6.45, 7) is 0. The Balaban J connectivity index is 1.66. The van der Waals surface area contributed by atoms with Gasteiger partial charge in [-0.1, -0.05) is 30.0 Å². The lowest BCUT2D eigenvalue weighted by atomic mass is 10.3. The number of hydrogen-bond acceptors (Lipinski definition) is 5. The van der Waals surface area contributed by atoms with Gasteiger partial charge in [0, 0.05) is 24.9 Å². The second-order valence-electron chi connectivity index (χ2n) is 5.09. The van der Waals surface area contributed by atoms with Crippen molar-refractivity contribution in [1.82, 2.24) is 9.55 Å². The van der Waals surface area contributed by atoms with Gasteiger partial charge in [0.2, 0.25) is 5.91 Å². The van der Waals surface area contributed by atoms with Gasteiger partial charge < -0.3 is 9.88 Å². The maximum atomic E-state index is 12.1. The average Bonchev–Trinajstić information content (AvgIpc) is 2.90. The van der Waals surface area contributed by atoms with E-state index in [4.69, 9.17) is 0 Å². The predicted octanol–water partition coefficient (Wildman–Crippen LogP) is 3.21. The number of imidazole rings is 1. The molecule has 0 aliphatic carbocycles. The van der Waals surface area contributed by atoms with Gasteiger partial charge in [0.25, 0.3) is 5.69 Å². The average molecular weight is 342 g/mol. The summed E-state index contributed by atoms with van der Waals surface area (Å²) in [6.07, 6.45) is 0. The first-order chi connectivity index (χ1) is 11.5. The molecule has 0 spiro atoms. The highest BCUT2D eigenvalue weighted by Crippen LogP contribution is 2.23. The molecule has 122 valence electrons. The van der Waals surface area contributed by atoms with E-state index in [1.54, 1.807) is 6.07 Å². The molecule has 7 nitrogen and oxygen atoms in total. The molecule has 3 rings (SSSR count). The molecule has 0 aliphatic heterocycles. The normalized spacial score (nSPS) is 10.7. The lowest BCUT2D eigenvalue weighted by molar-refractivity contribution is -0.384. The van der Waals surface area contributed by atoms with Crippen molar-refractivity contribution in [2.24, 2.45) is 7.05 Å². The van der Waals surface area contributed by atoms with Crippen LogP contribution in [-0.2, 0) is 11.8 Å². The quantitative estimate of drug-likeness (QED) is 0.437. The summed E-state index contributed by atoms with van der Waals surface area (Å²) in [4.78, 5) is 26.8. The molecular formula is C16H14N4O3S. The second kappa shape index (κ2) is 6.71. The molecule has 0 saturated heterocycles. The molecule has 0 unspecified atom stereocenters. The van der Waals surface area contributed by atoms with Crippen LogP contribution in [0.25, 0.3) is 11.0 Å². The molecule has 0 atom stereocenters. The summed E-state index contributed by atoms with van der Waals surface area (Å²) in [5.74, 6) is -0.0765. The first-order valence-corrected chi connectivity index (χ1v) is 8.12. The number of rotatable bonds is 5. The summed E-state index contributed by atoms with van der Waals surface area (Å²) in [5, 5.41) is 14.2. The van der Waals surface area contributed by atoms with Crippen LogP contribution in [0.5, 0.6) is 0 Å².